The van der Waals surface area contributed by atoms with Crippen molar-refractivity contribution < 1.29 is 23.8 Å². The van der Waals surface area contributed by atoms with Crippen LogP contribution in [0.5, 0.6) is 5.75 Å². The van der Waals surface area contributed by atoms with Crippen LogP contribution in [-0.2, 0) is 4.79 Å². The highest BCUT2D eigenvalue weighted by Gasteiger charge is 2.07. The van der Waals surface area contributed by atoms with Gasteiger partial charge in [0.25, 0.3) is 0 Å². The van der Waals surface area contributed by atoms with Gasteiger partial charge in [0.15, 0.2) is 0 Å². The van der Waals surface area contributed by atoms with Crippen molar-refractivity contribution in [2.75, 3.05) is 25.1 Å². The summed E-state index contributed by atoms with van der Waals surface area (Å²) in [6.45, 7) is -0.444. The SMILES string of the molecule is O=C(O)CCCNC(=O)Nc1ccccc1OCCF. The van der Waals surface area contributed by atoms with Crippen LogP contribution in [0.15, 0.2) is 24.3 Å². The first-order valence-corrected chi connectivity index (χ1v) is 6.18. The van der Waals surface area contributed by atoms with Gasteiger partial charge in [0.1, 0.15) is 19.0 Å². The number of benzene rings is 1. The van der Waals surface area contributed by atoms with Gasteiger partial charge >= 0.3 is 12.0 Å². The van der Waals surface area contributed by atoms with Gasteiger partial charge in [0, 0.05) is 13.0 Å². The van der Waals surface area contributed by atoms with Crippen molar-refractivity contribution >= 4 is 17.7 Å². The molecule has 7 heteroatoms. The number of carbonyl (C=O) groups excluding carboxylic acids is 1. The zero-order valence-corrected chi connectivity index (χ0v) is 10.9. The quantitative estimate of drug-likeness (QED) is 0.637. The molecule has 0 bridgehead atoms. The summed E-state index contributed by atoms with van der Waals surface area (Å²) >= 11 is 0. The third-order valence-corrected chi connectivity index (χ3v) is 2.32. The summed E-state index contributed by atoms with van der Waals surface area (Å²) in [5, 5.41) is 13.5. The van der Waals surface area contributed by atoms with E-state index in [1.165, 1.54) is 0 Å². The number of anilines is 1. The summed E-state index contributed by atoms with van der Waals surface area (Å²) in [4.78, 5) is 21.9. The molecule has 3 N–H and O–H groups in total. The minimum atomic E-state index is -0.905. The van der Waals surface area contributed by atoms with Crippen molar-refractivity contribution in [3.8, 4) is 5.75 Å². The largest absolute Gasteiger partial charge is 0.489 e. The molecule has 1 aromatic rings. The number of rotatable bonds is 8. The van der Waals surface area contributed by atoms with Crippen LogP contribution in [0.4, 0.5) is 14.9 Å². The van der Waals surface area contributed by atoms with Crippen LogP contribution in [0.1, 0.15) is 12.8 Å². The second kappa shape index (κ2) is 8.73. The molecule has 6 nitrogen and oxygen atoms in total. The number of carboxylic acids is 1. The molecule has 0 aliphatic carbocycles. The van der Waals surface area contributed by atoms with E-state index in [2.05, 4.69) is 10.6 Å². The van der Waals surface area contributed by atoms with Gasteiger partial charge in [-0.05, 0) is 18.6 Å². The van der Waals surface area contributed by atoms with Crippen LogP contribution < -0.4 is 15.4 Å². The number of alkyl halides is 1. The number of carbonyl (C=O) groups is 2. The zero-order valence-electron chi connectivity index (χ0n) is 10.9. The summed E-state index contributed by atoms with van der Waals surface area (Å²) in [5.74, 6) is -0.525. The van der Waals surface area contributed by atoms with E-state index in [1.807, 2.05) is 0 Å². The van der Waals surface area contributed by atoms with E-state index in [1.54, 1.807) is 24.3 Å². The number of hydrogen-bond donors (Lipinski definition) is 3. The predicted octanol–water partition coefficient (Wildman–Crippen LogP) is 2.02. The van der Waals surface area contributed by atoms with Crippen LogP contribution in [0, 0.1) is 0 Å². The maximum atomic E-state index is 12.1. The number of carboxylic acid groups (broad SMARTS) is 1. The van der Waals surface area contributed by atoms with E-state index in [0.717, 1.165) is 0 Å². The fourth-order valence-electron chi connectivity index (χ4n) is 1.45. The van der Waals surface area contributed by atoms with Gasteiger partial charge in [0.05, 0.1) is 5.69 Å². The third-order valence-electron chi connectivity index (χ3n) is 2.32. The number of nitrogens with one attached hydrogen (secondary N) is 2. The summed E-state index contributed by atoms with van der Waals surface area (Å²) in [6.07, 6.45) is 0.346. The van der Waals surface area contributed by atoms with Crippen LogP contribution in [0.25, 0.3) is 0 Å². The van der Waals surface area contributed by atoms with Crippen LogP contribution >= 0.6 is 0 Å². The van der Waals surface area contributed by atoms with Crippen molar-refractivity contribution in [3.05, 3.63) is 24.3 Å². The lowest BCUT2D eigenvalue weighted by molar-refractivity contribution is -0.137. The zero-order chi connectivity index (χ0) is 14.8. The average molecular weight is 284 g/mol. The maximum absolute atomic E-state index is 12.1. The first kappa shape index (κ1) is 15.7. The van der Waals surface area contributed by atoms with E-state index in [0.29, 0.717) is 17.9 Å². The number of urea groups is 1. The number of halogens is 1. The van der Waals surface area contributed by atoms with Crippen molar-refractivity contribution in [1.82, 2.24) is 5.32 Å². The topological polar surface area (TPSA) is 87.7 Å². The van der Waals surface area contributed by atoms with E-state index in [4.69, 9.17) is 9.84 Å². The van der Waals surface area contributed by atoms with Crippen molar-refractivity contribution in [2.24, 2.45) is 0 Å². The standard InChI is InChI=1S/C13H17FN2O4/c14-7-9-20-11-5-2-1-4-10(11)16-13(19)15-8-3-6-12(17)18/h1-2,4-5H,3,6-9H2,(H,17,18)(H2,15,16,19). The van der Waals surface area contributed by atoms with Crippen molar-refractivity contribution in [1.29, 1.82) is 0 Å². The second-order valence-electron chi connectivity index (χ2n) is 3.91. The first-order valence-electron chi connectivity index (χ1n) is 6.18. The molecule has 0 atom stereocenters. The molecular weight excluding hydrogens is 267 g/mol. The van der Waals surface area contributed by atoms with Crippen molar-refractivity contribution in [3.63, 3.8) is 0 Å². The van der Waals surface area contributed by atoms with E-state index in [9.17, 15) is 14.0 Å². The minimum Gasteiger partial charge on any atom is -0.489 e. The van der Waals surface area contributed by atoms with E-state index < -0.39 is 18.7 Å². The smallest absolute Gasteiger partial charge is 0.319 e. The Bertz CT molecular complexity index is 454. The second-order valence-corrected chi connectivity index (χ2v) is 3.91. The Morgan fingerprint density at radius 3 is 2.75 bits per heavy atom. The Hall–Kier alpha value is -2.31. The number of amides is 2. The number of aliphatic carboxylic acids is 1. The molecule has 0 heterocycles. The number of hydrogen-bond acceptors (Lipinski definition) is 3. The molecule has 20 heavy (non-hydrogen) atoms. The van der Waals surface area contributed by atoms with Gasteiger partial charge < -0.3 is 20.5 Å². The van der Waals surface area contributed by atoms with E-state index >= 15 is 0 Å². The molecule has 1 rings (SSSR count). The Kier molecular flexibility index (Phi) is 6.88. The molecular formula is C13H17FN2O4. The van der Waals surface area contributed by atoms with Gasteiger partial charge in [-0.1, -0.05) is 12.1 Å². The minimum absolute atomic E-state index is 0.00349. The molecule has 0 fully saturated rings. The molecule has 0 aliphatic heterocycles. The molecule has 1 aromatic carbocycles. The lowest BCUT2D eigenvalue weighted by Gasteiger charge is -2.12. The average Bonchev–Trinajstić information content (AvgIpc) is 2.42. The first-order chi connectivity index (χ1) is 9.63. The summed E-state index contributed by atoms with van der Waals surface area (Å²) in [6, 6.07) is 6.21. The lowest BCUT2D eigenvalue weighted by Crippen LogP contribution is -2.30. The summed E-state index contributed by atoms with van der Waals surface area (Å²) in [7, 11) is 0. The Labute approximate surface area is 115 Å². The normalized spacial score (nSPS) is 9.85. The Morgan fingerprint density at radius 1 is 1.30 bits per heavy atom. The lowest BCUT2D eigenvalue weighted by atomic mass is 10.3. The molecule has 0 radical (unpaired) electrons. The predicted molar refractivity (Wildman–Crippen MR) is 71.8 cm³/mol. The van der Waals surface area contributed by atoms with Gasteiger partial charge in [-0.25, -0.2) is 9.18 Å². The van der Waals surface area contributed by atoms with Gasteiger partial charge in [-0.15, -0.1) is 0 Å². The van der Waals surface area contributed by atoms with Crippen LogP contribution in [0.2, 0.25) is 0 Å². The number of ether oxygens (including phenoxy) is 1. The highest BCUT2D eigenvalue weighted by molar-refractivity contribution is 5.90. The molecule has 0 unspecified atom stereocenters. The fourth-order valence-corrected chi connectivity index (χ4v) is 1.45. The number of para-hydroxylation sites is 2. The highest BCUT2D eigenvalue weighted by Crippen LogP contribution is 2.23. The van der Waals surface area contributed by atoms with Crippen molar-refractivity contribution in [2.45, 2.75) is 12.8 Å². The highest BCUT2D eigenvalue weighted by atomic mass is 19.1. The molecule has 0 spiro atoms. The van der Waals surface area contributed by atoms with Gasteiger partial charge in [-0.3, -0.25) is 4.79 Å². The van der Waals surface area contributed by atoms with Crippen LogP contribution in [0.3, 0.4) is 0 Å². The maximum Gasteiger partial charge on any atom is 0.319 e. The van der Waals surface area contributed by atoms with Crippen LogP contribution in [-0.4, -0.2) is 36.9 Å². The molecule has 0 saturated carbocycles. The molecule has 110 valence electrons. The fraction of sp³-hybridized carbons (Fsp3) is 0.385. The van der Waals surface area contributed by atoms with Gasteiger partial charge in [0.2, 0.25) is 0 Å². The summed E-state index contributed by atoms with van der Waals surface area (Å²) < 4.78 is 17.2. The summed E-state index contributed by atoms with van der Waals surface area (Å²) in [5.41, 5.74) is 0.427. The molecule has 0 aliphatic rings. The van der Waals surface area contributed by atoms with Gasteiger partial charge in [-0.2, -0.15) is 0 Å². The third kappa shape index (κ3) is 6.03. The Morgan fingerprint density at radius 2 is 2.05 bits per heavy atom. The molecule has 0 saturated heterocycles. The van der Waals surface area contributed by atoms with E-state index in [-0.39, 0.29) is 19.6 Å². The monoisotopic (exact) mass is 284 g/mol. The molecule has 2 amide bonds. The Balaban J connectivity index is 2.42. The molecule has 0 aromatic heterocycles.